The number of carboxylic acids is 1. The van der Waals surface area contributed by atoms with Gasteiger partial charge in [0.2, 0.25) is 5.91 Å². The lowest BCUT2D eigenvalue weighted by Gasteiger charge is -2.19. The summed E-state index contributed by atoms with van der Waals surface area (Å²) in [6, 6.07) is -0.833. The molecule has 0 bridgehead atoms. The summed E-state index contributed by atoms with van der Waals surface area (Å²) in [5.41, 5.74) is -1.21. The summed E-state index contributed by atoms with van der Waals surface area (Å²) >= 11 is 0. The van der Waals surface area contributed by atoms with Crippen LogP contribution in [0.5, 0.6) is 0 Å². The summed E-state index contributed by atoms with van der Waals surface area (Å²) in [7, 11) is 1.52. The maximum Gasteiger partial charge on any atom is 0.321 e. The molecule has 0 aromatic carbocycles. The van der Waals surface area contributed by atoms with Gasteiger partial charge in [-0.2, -0.15) is 0 Å². The first-order chi connectivity index (χ1) is 8.72. The van der Waals surface area contributed by atoms with Crippen LogP contribution >= 0.6 is 0 Å². The fourth-order valence-corrected chi connectivity index (χ4v) is 1.33. The topological polar surface area (TPSA) is 105 Å². The van der Waals surface area contributed by atoms with Gasteiger partial charge in [0, 0.05) is 13.5 Å². The molecule has 0 heterocycles. The molecule has 0 saturated carbocycles. The Hall–Kier alpha value is -1.63. The fraction of sp³-hybridized carbons (Fsp3) is 0.750. The maximum absolute atomic E-state index is 11.5. The molecular formula is C12H22N2O5. The smallest absolute Gasteiger partial charge is 0.321 e. The first-order valence-electron chi connectivity index (χ1n) is 6.05. The van der Waals surface area contributed by atoms with E-state index in [2.05, 4.69) is 10.6 Å². The third kappa shape index (κ3) is 6.76. The van der Waals surface area contributed by atoms with Crippen molar-refractivity contribution in [3.63, 3.8) is 0 Å². The van der Waals surface area contributed by atoms with Gasteiger partial charge in [-0.1, -0.05) is 6.92 Å². The van der Waals surface area contributed by atoms with Gasteiger partial charge in [0.1, 0.15) is 0 Å². The van der Waals surface area contributed by atoms with E-state index in [0.717, 1.165) is 0 Å². The zero-order chi connectivity index (χ0) is 15.1. The molecule has 3 amide bonds. The fourth-order valence-electron chi connectivity index (χ4n) is 1.33. The number of methoxy groups -OCH3 is 1. The number of carbonyl (C=O) groups is 3. The molecule has 1 atom stereocenters. The molecule has 0 fully saturated rings. The Morgan fingerprint density at radius 1 is 1.32 bits per heavy atom. The van der Waals surface area contributed by atoms with Crippen molar-refractivity contribution < 1.29 is 24.2 Å². The number of carbonyl (C=O) groups excluding carboxylic acids is 2. The zero-order valence-electron chi connectivity index (χ0n) is 11.8. The highest BCUT2D eigenvalue weighted by molar-refractivity contribution is 5.96. The summed E-state index contributed by atoms with van der Waals surface area (Å²) < 4.78 is 4.91. The van der Waals surface area contributed by atoms with E-state index in [0.29, 0.717) is 13.0 Å². The van der Waals surface area contributed by atoms with E-state index in [1.54, 1.807) is 0 Å². The van der Waals surface area contributed by atoms with Gasteiger partial charge in [-0.05, 0) is 20.3 Å². The molecule has 0 spiro atoms. The molecule has 110 valence electrons. The molecule has 7 heteroatoms. The Bertz CT molecular complexity index is 341. The molecule has 0 aliphatic heterocycles. The van der Waals surface area contributed by atoms with Crippen LogP contribution in [0.15, 0.2) is 0 Å². The van der Waals surface area contributed by atoms with Crippen molar-refractivity contribution in [2.75, 3.05) is 13.7 Å². The van der Waals surface area contributed by atoms with E-state index >= 15 is 0 Å². The van der Waals surface area contributed by atoms with Crippen LogP contribution in [0.4, 0.5) is 4.79 Å². The van der Waals surface area contributed by atoms with E-state index in [9.17, 15) is 14.4 Å². The lowest BCUT2D eigenvalue weighted by molar-refractivity contribution is -0.149. The first kappa shape index (κ1) is 17.4. The van der Waals surface area contributed by atoms with Crippen molar-refractivity contribution in [2.45, 2.75) is 39.7 Å². The molecule has 0 aromatic rings. The molecule has 7 nitrogen and oxygen atoms in total. The van der Waals surface area contributed by atoms with Crippen LogP contribution in [0.2, 0.25) is 0 Å². The van der Waals surface area contributed by atoms with Crippen LogP contribution in [-0.4, -0.2) is 42.8 Å². The predicted octanol–water partition coefficient (Wildman–Crippen LogP) is 0.738. The van der Waals surface area contributed by atoms with Crippen LogP contribution in [0.3, 0.4) is 0 Å². The number of hydrogen-bond donors (Lipinski definition) is 3. The number of hydrogen-bond acceptors (Lipinski definition) is 4. The Morgan fingerprint density at radius 3 is 2.32 bits per heavy atom. The average molecular weight is 274 g/mol. The molecule has 1 unspecified atom stereocenters. The highest BCUT2D eigenvalue weighted by Gasteiger charge is 2.30. The molecule has 3 N–H and O–H groups in total. The summed E-state index contributed by atoms with van der Waals surface area (Å²) in [6.07, 6.45) is 0.396. The van der Waals surface area contributed by atoms with Gasteiger partial charge < -0.3 is 15.2 Å². The van der Waals surface area contributed by atoms with E-state index in [1.807, 2.05) is 6.92 Å². The molecule has 0 aliphatic rings. The van der Waals surface area contributed by atoms with Crippen molar-refractivity contribution in [1.29, 1.82) is 0 Å². The summed E-state index contributed by atoms with van der Waals surface area (Å²) in [6.45, 7) is 5.07. The van der Waals surface area contributed by atoms with Crippen molar-refractivity contribution in [3.8, 4) is 0 Å². The molecule has 0 aromatic heterocycles. The van der Waals surface area contributed by atoms with E-state index in [1.165, 1.54) is 21.0 Å². The van der Waals surface area contributed by atoms with Crippen molar-refractivity contribution in [3.05, 3.63) is 0 Å². The van der Waals surface area contributed by atoms with Gasteiger partial charge in [-0.25, -0.2) is 4.79 Å². The van der Waals surface area contributed by atoms with Gasteiger partial charge in [0.15, 0.2) is 0 Å². The number of nitrogens with one attached hydrogen (secondary N) is 2. The van der Waals surface area contributed by atoms with Crippen molar-refractivity contribution in [2.24, 2.45) is 5.41 Å². The van der Waals surface area contributed by atoms with Gasteiger partial charge in [-0.15, -0.1) is 0 Å². The van der Waals surface area contributed by atoms with Crippen LogP contribution in [0, 0.1) is 5.41 Å². The van der Waals surface area contributed by atoms with Crippen LogP contribution in [0.25, 0.3) is 0 Å². The normalized spacial score (nSPS) is 12.6. The summed E-state index contributed by atoms with van der Waals surface area (Å²) in [5, 5.41) is 13.6. The van der Waals surface area contributed by atoms with E-state index < -0.39 is 23.3 Å². The quantitative estimate of drug-likeness (QED) is 0.635. The first-order valence-corrected chi connectivity index (χ1v) is 6.05. The number of carboxylic acid groups (broad SMARTS) is 1. The largest absolute Gasteiger partial charge is 0.481 e. The minimum Gasteiger partial charge on any atom is -0.481 e. The molecule has 0 rings (SSSR count). The molecular weight excluding hydrogens is 252 g/mol. The number of imide groups is 1. The van der Waals surface area contributed by atoms with Crippen LogP contribution < -0.4 is 10.6 Å². The SMILES string of the molecule is CCC(COC)NC(=O)NC(=O)CC(C)(C)C(=O)O. The standard InChI is InChI=1S/C12H22N2O5/c1-5-8(7-19-4)13-11(18)14-9(15)6-12(2,3)10(16)17/h8H,5-7H2,1-4H3,(H,16,17)(H2,13,14,15,18). The Balaban J connectivity index is 4.26. The zero-order valence-corrected chi connectivity index (χ0v) is 11.8. The second-order valence-electron chi connectivity index (χ2n) is 4.95. The third-order valence-corrected chi connectivity index (χ3v) is 2.63. The maximum atomic E-state index is 11.5. The van der Waals surface area contributed by atoms with Crippen LogP contribution in [0.1, 0.15) is 33.6 Å². The average Bonchev–Trinajstić information content (AvgIpc) is 2.26. The van der Waals surface area contributed by atoms with Gasteiger partial charge in [0.05, 0.1) is 18.1 Å². The van der Waals surface area contributed by atoms with Gasteiger partial charge in [0.25, 0.3) is 0 Å². The number of amides is 3. The van der Waals surface area contributed by atoms with Crippen molar-refractivity contribution in [1.82, 2.24) is 10.6 Å². The highest BCUT2D eigenvalue weighted by atomic mass is 16.5. The molecule has 19 heavy (non-hydrogen) atoms. The van der Waals surface area contributed by atoms with Crippen molar-refractivity contribution >= 4 is 17.9 Å². The number of rotatable bonds is 7. The summed E-state index contributed by atoms with van der Waals surface area (Å²) in [4.78, 5) is 33.9. The second kappa shape index (κ2) is 7.73. The highest BCUT2D eigenvalue weighted by Crippen LogP contribution is 2.19. The second-order valence-corrected chi connectivity index (χ2v) is 4.95. The van der Waals surface area contributed by atoms with E-state index in [-0.39, 0.29) is 12.5 Å². The van der Waals surface area contributed by atoms with Gasteiger partial charge >= 0.3 is 12.0 Å². The van der Waals surface area contributed by atoms with Crippen LogP contribution in [-0.2, 0) is 14.3 Å². The molecule has 0 saturated heterocycles. The van der Waals surface area contributed by atoms with Gasteiger partial charge in [-0.3, -0.25) is 14.9 Å². The predicted molar refractivity (Wildman–Crippen MR) is 68.7 cm³/mol. The Labute approximate surface area is 112 Å². The Morgan fingerprint density at radius 2 is 1.89 bits per heavy atom. The molecule has 0 aliphatic carbocycles. The summed E-state index contributed by atoms with van der Waals surface area (Å²) in [5.74, 6) is -1.72. The number of urea groups is 1. The molecule has 0 radical (unpaired) electrons. The van der Waals surface area contributed by atoms with E-state index in [4.69, 9.17) is 9.84 Å². The number of ether oxygens (including phenoxy) is 1. The monoisotopic (exact) mass is 274 g/mol. The third-order valence-electron chi connectivity index (χ3n) is 2.63. The lowest BCUT2D eigenvalue weighted by Crippen LogP contribution is -2.47. The minimum absolute atomic E-state index is 0.190. The minimum atomic E-state index is -1.21. The lowest BCUT2D eigenvalue weighted by atomic mass is 9.89. The number of aliphatic carboxylic acids is 1. The Kier molecular flexibility index (Phi) is 7.06.